The summed E-state index contributed by atoms with van der Waals surface area (Å²) < 4.78 is 42.6. The van der Waals surface area contributed by atoms with E-state index in [9.17, 15) is 13.0 Å². The van der Waals surface area contributed by atoms with Crippen LogP contribution in [0, 0.1) is 0 Å². The Bertz CT molecular complexity index is 1500. The number of hydrogen-bond donors (Lipinski definition) is 3. The van der Waals surface area contributed by atoms with E-state index in [1.165, 1.54) is 12.1 Å². The number of hydrogen-bond acceptors (Lipinski definition) is 12. The third kappa shape index (κ3) is 3.71. The molecule has 0 aliphatic heterocycles. The molecule has 0 saturated carbocycles. The Labute approximate surface area is 188 Å². The van der Waals surface area contributed by atoms with Gasteiger partial charge in [0.1, 0.15) is 0 Å². The Morgan fingerprint density at radius 3 is 2.31 bits per heavy atom. The Balaban J connectivity index is 1.77. The summed E-state index contributed by atoms with van der Waals surface area (Å²) in [7, 11) is -4.47. The van der Waals surface area contributed by atoms with Gasteiger partial charge in [-0.25, -0.2) is 15.2 Å². The number of fused-ring (bicyclic) bond motifs is 4. The summed E-state index contributed by atoms with van der Waals surface area (Å²) in [6.45, 7) is 0. The quantitative estimate of drug-likeness (QED) is 0.129. The number of rotatable bonds is 7. The number of aromatic nitrogens is 2. The van der Waals surface area contributed by atoms with Gasteiger partial charge in [0, 0.05) is 26.3 Å². The molecule has 164 valence electrons. The van der Waals surface area contributed by atoms with Crippen molar-refractivity contribution in [3.05, 3.63) is 42.5 Å². The molecule has 5 rings (SSSR count). The maximum atomic E-state index is 11.9. The topological polar surface area (TPSA) is 163 Å². The van der Waals surface area contributed by atoms with Crippen LogP contribution < -0.4 is 5.90 Å². The monoisotopic (exact) mass is 493 g/mol. The zero-order chi connectivity index (χ0) is 22.5. The van der Waals surface area contributed by atoms with E-state index < -0.39 is 10.1 Å². The molecule has 4 aromatic rings. The Hall–Kier alpha value is -2.37. The molecule has 32 heavy (non-hydrogen) atoms. The highest BCUT2D eigenvalue weighted by Crippen LogP contribution is 2.48. The van der Waals surface area contributed by atoms with Gasteiger partial charge in [-0.2, -0.15) is 14.3 Å². The Kier molecular flexibility index (Phi) is 5.50. The molecule has 1 aliphatic rings. The molecule has 0 radical (unpaired) electrons. The molecular weight excluding hydrogens is 482 g/mol. The van der Waals surface area contributed by atoms with Crippen molar-refractivity contribution in [3.8, 4) is 22.5 Å². The normalized spacial score (nSPS) is 12.6. The van der Waals surface area contributed by atoms with Crippen molar-refractivity contribution in [2.24, 2.45) is 5.90 Å². The van der Waals surface area contributed by atoms with E-state index in [4.69, 9.17) is 20.5 Å². The molecule has 11 nitrogen and oxygen atoms in total. The average molecular weight is 494 g/mol. The first kappa shape index (κ1) is 21.5. The number of nitrogens with two attached hydrogens (primary N) is 1. The molecule has 0 fully saturated rings. The lowest BCUT2D eigenvalue weighted by Gasteiger charge is -2.07. The second-order valence-corrected chi connectivity index (χ2v) is 9.53. The van der Waals surface area contributed by atoms with E-state index in [1.807, 2.05) is 0 Å². The van der Waals surface area contributed by atoms with E-state index >= 15 is 0 Å². The van der Waals surface area contributed by atoms with Gasteiger partial charge in [-0.15, -0.1) is 13.7 Å². The van der Waals surface area contributed by atoms with Crippen LogP contribution in [0.1, 0.15) is 0 Å². The first-order valence-electron chi connectivity index (χ1n) is 8.66. The minimum atomic E-state index is -4.47. The van der Waals surface area contributed by atoms with Crippen molar-refractivity contribution in [2.45, 2.75) is 14.7 Å². The van der Waals surface area contributed by atoms with Gasteiger partial charge in [0.05, 0.1) is 51.4 Å². The lowest BCUT2D eigenvalue weighted by Crippen LogP contribution is -1.98. The highest BCUT2D eigenvalue weighted by Gasteiger charge is 2.28. The molecule has 1 heterocycles. The standard InChI is InChI=1S/C18H11N3O8S3/c19-26-28-31-10-3-8-4-11(32(23,24)25)7-13-16(8)12(5-10)17-18(13)20-14-2-1-9(30-29-27-22)6-15(14)21-17/h1-7,22H,19H2,(H,23,24,25). The molecule has 0 amide bonds. The molecule has 4 N–H and O–H groups in total. The van der Waals surface area contributed by atoms with Crippen LogP contribution in [0.4, 0.5) is 0 Å². The van der Waals surface area contributed by atoms with Crippen LogP contribution in [0.25, 0.3) is 44.3 Å². The van der Waals surface area contributed by atoms with Gasteiger partial charge >= 0.3 is 0 Å². The fraction of sp³-hybridized carbons (Fsp3) is 0. The Morgan fingerprint density at radius 1 is 0.875 bits per heavy atom. The maximum absolute atomic E-state index is 11.9. The molecule has 1 aromatic heterocycles. The van der Waals surface area contributed by atoms with Crippen molar-refractivity contribution < 1.29 is 36.9 Å². The zero-order valence-corrected chi connectivity index (χ0v) is 18.0. The molecule has 0 spiro atoms. The van der Waals surface area contributed by atoms with Crippen LogP contribution in [0.2, 0.25) is 0 Å². The molecule has 1 aliphatic carbocycles. The predicted octanol–water partition coefficient (Wildman–Crippen LogP) is 3.93. The molecule has 0 saturated heterocycles. The van der Waals surface area contributed by atoms with Crippen molar-refractivity contribution in [1.29, 1.82) is 0 Å². The second kappa shape index (κ2) is 8.20. The fourth-order valence-electron chi connectivity index (χ4n) is 3.61. The minimum absolute atomic E-state index is 0.272. The van der Waals surface area contributed by atoms with E-state index in [0.29, 0.717) is 48.7 Å². The minimum Gasteiger partial charge on any atom is -0.282 e. The summed E-state index contributed by atoms with van der Waals surface area (Å²) in [5.74, 6) is 4.92. The summed E-state index contributed by atoms with van der Waals surface area (Å²) in [6, 6.07) is 11.3. The van der Waals surface area contributed by atoms with E-state index in [0.717, 1.165) is 29.5 Å². The van der Waals surface area contributed by atoms with Crippen molar-refractivity contribution in [2.75, 3.05) is 0 Å². The van der Waals surface area contributed by atoms with Crippen LogP contribution in [0.3, 0.4) is 0 Å². The van der Waals surface area contributed by atoms with Crippen LogP contribution in [0.5, 0.6) is 0 Å². The first-order chi connectivity index (χ1) is 15.4. The number of nitrogens with zero attached hydrogens (tertiary/aromatic N) is 2. The van der Waals surface area contributed by atoms with Gasteiger partial charge in [-0.05, 0) is 47.9 Å². The van der Waals surface area contributed by atoms with Crippen molar-refractivity contribution in [1.82, 2.24) is 9.97 Å². The SMILES string of the molecule is NOOSc1cc2c3c(cc(S(=O)(=O)O)cc3c1)-c1nc3ccc(SOOO)cc3nc1-2. The number of benzene rings is 3. The van der Waals surface area contributed by atoms with Crippen molar-refractivity contribution >= 4 is 56.0 Å². The molecule has 0 unspecified atom stereocenters. The summed E-state index contributed by atoms with van der Waals surface area (Å²) in [6.07, 6.45) is 0. The third-order valence-electron chi connectivity index (χ3n) is 4.77. The van der Waals surface area contributed by atoms with Crippen LogP contribution in [0.15, 0.2) is 57.2 Å². The summed E-state index contributed by atoms with van der Waals surface area (Å²) in [5.41, 5.74) is 3.29. The molecule has 14 heteroatoms. The van der Waals surface area contributed by atoms with E-state index in [2.05, 4.69) is 19.3 Å². The van der Waals surface area contributed by atoms with Gasteiger partial charge in [-0.1, -0.05) is 5.04 Å². The highest BCUT2D eigenvalue weighted by atomic mass is 32.2. The lowest BCUT2D eigenvalue weighted by molar-refractivity contribution is -0.432. The molecule has 0 bridgehead atoms. The largest absolute Gasteiger partial charge is 0.294 e. The second-order valence-electron chi connectivity index (χ2n) is 6.56. The van der Waals surface area contributed by atoms with Gasteiger partial charge in [-0.3, -0.25) is 4.55 Å². The summed E-state index contributed by atoms with van der Waals surface area (Å²) >= 11 is 1.61. The molecule has 3 aromatic carbocycles. The van der Waals surface area contributed by atoms with Crippen molar-refractivity contribution in [3.63, 3.8) is 0 Å². The van der Waals surface area contributed by atoms with E-state index in [1.54, 1.807) is 30.3 Å². The van der Waals surface area contributed by atoms with Crippen LogP contribution >= 0.6 is 24.1 Å². The first-order valence-corrected chi connectivity index (χ1v) is 11.6. The highest BCUT2D eigenvalue weighted by molar-refractivity contribution is 7.94. The Morgan fingerprint density at radius 2 is 1.59 bits per heavy atom. The molecule has 0 atom stereocenters. The lowest BCUT2D eigenvalue weighted by atomic mass is 10.0. The summed E-state index contributed by atoms with van der Waals surface area (Å²) in [5, 5.41) is 13.2. The maximum Gasteiger partial charge on any atom is 0.294 e. The van der Waals surface area contributed by atoms with Crippen LogP contribution in [-0.2, 0) is 28.8 Å². The predicted molar refractivity (Wildman–Crippen MR) is 114 cm³/mol. The van der Waals surface area contributed by atoms with Gasteiger partial charge in [0.2, 0.25) is 0 Å². The molecular formula is C18H11N3O8S3. The van der Waals surface area contributed by atoms with Gasteiger partial charge in [0.25, 0.3) is 10.1 Å². The zero-order valence-electron chi connectivity index (χ0n) is 15.6. The van der Waals surface area contributed by atoms with Crippen LogP contribution in [-0.4, -0.2) is 28.2 Å². The van der Waals surface area contributed by atoms with Gasteiger partial charge in [0.15, 0.2) is 0 Å². The van der Waals surface area contributed by atoms with Gasteiger partial charge < -0.3 is 0 Å². The van der Waals surface area contributed by atoms with E-state index in [-0.39, 0.29) is 4.90 Å². The fourth-order valence-corrected chi connectivity index (χ4v) is 5.00. The summed E-state index contributed by atoms with van der Waals surface area (Å²) in [4.78, 5) is 14.4. The smallest absolute Gasteiger partial charge is 0.282 e. The third-order valence-corrected chi connectivity index (χ3v) is 6.75. The average Bonchev–Trinajstić information content (AvgIpc) is 3.07.